The standard InChI is InChI=1S/C24H23ClN4O3/c1-4-28-23(31)21-22(29(24(28)32)19-11-7-16(8-12-19)15(2)3)26-14-27(21)13-20(30)17-5-9-18(25)10-6-17/h5-12,14-15H,4,13H2,1-3H3. The molecule has 0 saturated heterocycles. The highest BCUT2D eigenvalue weighted by Gasteiger charge is 2.20. The fraction of sp³-hybridized carbons (Fsp3) is 0.250. The lowest BCUT2D eigenvalue weighted by molar-refractivity contribution is 0.0973. The molecule has 2 aromatic carbocycles. The van der Waals surface area contributed by atoms with Gasteiger partial charge in [-0.2, -0.15) is 0 Å². The van der Waals surface area contributed by atoms with Gasteiger partial charge in [0, 0.05) is 17.1 Å². The van der Waals surface area contributed by atoms with Crippen molar-refractivity contribution in [3.8, 4) is 5.69 Å². The Morgan fingerprint density at radius 1 is 1.03 bits per heavy atom. The third-order valence-electron chi connectivity index (χ3n) is 5.51. The fourth-order valence-electron chi connectivity index (χ4n) is 3.70. The Morgan fingerprint density at radius 2 is 1.69 bits per heavy atom. The topological polar surface area (TPSA) is 78.9 Å². The number of rotatable bonds is 6. The molecule has 0 aliphatic carbocycles. The van der Waals surface area contributed by atoms with Crippen LogP contribution < -0.4 is 11.2 Å². The lowest BCUT2D eigenvalue weighted by Crippen LogP contribution is -2.39. The summed E-state index contributed by atoms with van der Waals surface area (Å²) in [7, 11) is 0. The van der Waals surface area contributed by atoms with Gasteiger partial charge in [-0.15, -0.1) is 0 Å². The second-order valence-electron chi connectivity index (χ2n) is 7.89. The minimum Gasteiger partial charge on any atom is -0.317 e. The highest BCUT2D eigenvalue weighted by atomic mass is 35.5. The normalized spacial score (nSPS) is 11.4. The number of carbonyl (C=O) groups excluding carboxylic acids is 1. The summed E-state index contributed by atoms with van der Waals surface area (Å²) in [5.74, 6) is 0.158. The van der Waals surface area contributed by atoms with E-state index in [9.17, 15) is 14.4 Å². The van der Waals surface area contributed by atoms with Crippen LogP contribution in [-0.2, 0) is 13.1 Å². The summed E-state index contributed by atoms with van der Waals surface area (Å²) in [5.41, 5.74) is 1.74. The predicted octanol–water partition coefficient (Wildman–Crippen LogP) is 4.03. The Bertz CT molecular complexity index is 1410. The summed E-state index contributed by atoms with van der Waals surface area (Å²) in [5, 5.41) is 0.535. The van der Waals surface area contributed by atoms with Crippen molar-refractivity contribution < 1.29 is 4.79 Å². The molecular formula is C24H23ClN4O3. The molecule has 0 unspecified atom stereocenters. The Balaban J connectivity index is 1.87. The Labute approximate surface area is 189 Å². The van der Waals surface area contributed by atoms with E-state index in [-0.39, 0.29) is 30.0 Å². The van der Waals surface area contributed by atoms with E-state index in [4.69, 9.17) is 11.6 Å². The van der Waals surface area contributed by atoms with Gasteiger partial charge in [-0.05, 0) is 54.8 Å². The molecule has 0 spiro atoms. The zero-order valence-corrected chi connectivity index (χ0v) is 18.8. The molecule has 0 aliphatic heterocycles. The largest absolute Gasteiger partial charge is 0.337 e. The van der Waals surface area contributed by atoms with Gasteiger partial charge in [0.05, 0.1) is 18.6 Å². The van der Waals surface area contributed by atoms with E-state index in [0.717, 1.165) is 10.1 Å². The minimum absolute atomic E-state index is 0.0818. The van der Waals surface area contributed by atoms with Crippen molar-refractivity contribution in [3.05, 3.63) is 91.8 Å². The molecule has 7 nitrogen and oxygen atoms in total. The van der Waals surface area contributed by atoms with Crippen molar-refractivity contribution in [1.29, 1.82) is 0 Å². The van der Waals surface area contributed by atoms with Gasteiger partial charge in [-0.25, -0.2) is 14.3 Å². The summed E-state index contributed by atoms with van der Waals surface area (Å²) >= 11 is 5.91. The molecule has 8 heteroatoms. The maximum atomic E-state index is 13.1. The molecule has 0 radical (unpaired) electrons. The average molecular weight is 451 g/mol. The maximum Gasteiger partial charge on any atom is 0.337 e. The van der Waals surface area contributed by atoms with Crippen molar-refractivity contribution in [1.82, 2.24) is 18.7 Å². The minimum atomic E-state index is -0.469. The van der Waals surface area contributed by atoms with E-state index in [1.165, 1.54) is 15.5 Å². The number of hydrogen-bond donors (Lipinski definition) is 0. The van der Waals surface area contributed by atoms with Gasteiger partial charge in [0.25, 0.3) is 5.56 Å². The third kappa shape index (κ3) is 3.80. The highest BCUT2D eigenvalue weighted by molar-refractivity contribution is 6.30. The fourth-order valence-corrected chi connectivity index (χ4v) is 3.83. The molecule has 2 aromatic heterocycles. The molecule has 0 fully saturated rings. The van der Waals surface area contributed by atoms with Crippen LogP contribution in [0.3, 0.4) is 0 Å². The van der Waals surface area contributed by atoms with Crippen LogP contribution in [0.1, 0.15) is 42.6 Å². The van der Waals surface area contributed by atoms with Gasteiger partial charge in [0.1, 0.15) is 0 Å². The molecule has 0 bridgehead atoms. The monoisotopic (exact) mass is 450 g/mol. The molecule has 0 saturated carbocycles. The van der Waals surface area contributed by atoms with E-state index in [1.807, 2.05) is 24.3 Å². The summed E-state index contributed by atoms with van der Waals surface area (Å²) in [6, 6.07) is 14.2. The van der Waals surface area contributed by atoms with Crippen molar-refractivity contribution >= 4 is 28.5 Å². The number of carbonyl (C=O) groups is 1. The summed E-state index contributed by atoms with van der Waals surface area (Å²) in [4.78, 5) is 43.4. The van der Waals surface area contributed by atoms with Crippen LogP contribution in [0.25, 0.3) is 16.9 Å². The first kappa shape index (κ1) is 21.8. The number of benzene rings is 2. The molecule has 2 heterocycles. The second kappa shape index (κ2) is 8.59. The highest BCUT2D eigenvalue weighted by Crippen LogP contribution is 2.19. The third-order valence-corrected chi connectivity index (χ3v) is 5.77. The molecule has 0 N–H and O–H groups in total. The van der Waals surface area contributed by atoms with Crippen molar-refractivity contribution in [2.24, 2.45) is 0 Å². The SMILES string of the molecule is CCn1c(=O)c2c(ncn2CC(=O)c2ccc(Cl)cc2)n(-c2ccc(C(C)C)cc2)c1=O. The average Bonchev–Trinajstić information content (AvgIpc) is 3.18. The molecular weight excluding hydrogens is 428 g/mol. The van der Waals surface area contributed by atoms with Crippen LogP contribution >= 0.6 is 11.6 Å². The van der Waals surface area contributed by atoms with Gasteiger partial charge in [-0.3, -0.25) is 14.2 Å². The quantitative estimate of drug-likeness (QED) is 0.415. The number of Topliss-reactive ketones (excluding diaryl/α,β-unsaturated/α-hetero) is 1. The van der Waals surface area contributed by atoms with Crippen LogP contribution in [-0.4, -0.2) is 24.5 Å². The van der Waals surface area contributed by atoms with E-state index in [1.54, 1.807) is 31.2 Å². The number of ketones is 1. The lowest BCUT2D eigenvalue weighted by Gasteiger charge is -2.13. The number of imidazole rings is 1. The molecule has 164 valence electrons. The molecule has 32 heavy (non-hydrogen) atoms. The Hall–Kier alpha value is -3.45. The number of hydrogen-bond acceptors (Lipinski definition) is 4. The van der Waals surface area contributed by atoms with E-state index >= 15 is 0 Å². The number of halogens is 1. The van der Waals surface area contributed by atoms with Crippen LogP contribution in [0.2, 0.25) is 5.02 Å². The Kier molecular flexibility index (Phi) is 5.84. The Morgan fingerprint density at radius 3 is 2.28 bits per heavy atom. The first-order valence-electron chi connectivity index (χ1n) is 10.4. The first-order valence-corrected chi connectivity index (χ1v) is 10.8. The molecule has 0 amide bonds. The van der Waals surface area contributed by atoms with Gasteiger partial charge >= 0.3 is 5.69 Å². The summed E-state index contributed by atoms with van der Waals surface area (Å²) in [6.07, 6.45) is 1.43. The molecule has 0 aliphatic rings. The second-order valence-corrected chi connectivity index (χ2v) is 8.32. The smallest absolute Gasteiger partial charge is 0.317 e. The molecule has 0 atom stereocenters. The van der Waals surface area contributed by atoms with Gasteiger partial charge in [0.15, 0.2) is 16.9 Å². The van der Waals surface area contributed by atoms with Gasteiger partial charge in [0.2, 0.25) is 0 Å². The van der Waals surface area contributed by atoms with Gasteiger partial charge in [-0.1, -0.05) is 37.6 Å². The number of fused-ring (bicyclic) bond motifs is 1. The van der Waals surface area contributed by atoms with Crippen LogP contribution in [0.4, 0.5) is 0 Å². The van der Waals surface area contributed by atoms with E-state index in [0.29, 0.717) is 22.2 Å². The van der Waals surface area contributed by atoms with Crippen molar-refractivity contribution in [2.45, 2.75) is 39.8 Å². The van der Waals surface area contributed by atoms with Crippen molar-refractivity contribution in [2.75, 3.05) is 0 Å². The predicted molar refractivity (Wildman–Crippen MR) is 125 cm³/mol. The van der Waals surface area contributed by atoms with E-state index in [2.05, 4.69) is 18.8 Å². The first-order chi connectivity index (χ1) is 15.3. The zero-order valence-electron chi connectivity index (χ0n) is 18.1. The maximum absolute atomic E-state index is 13.1. The van der Waals surface area contributed by atoms with Gasteiger partial charge < -0.3 is 4.57 Å². The summed E-state index contributed by atoms with van der Waals surface area (Å²) in [6.45, 7) is 6.04. The molecule has 4 rings (SSSR count). The van der Waals surface area contributed by atoms with Crippen LogP contribution in [0.15, 0.2) is 64.4 Å². The number of aromatic nitrogens is 4. The van der Waals surface area contributed by atoms with Crippen LogP contribution in [0, 0.1) is 0 Å². The zero-order chi connectivity index (χ0) is 23.0. The van der Waals surface area contributed by atoms with E-state index < -0.39 is 11.2 Å². The van der Waals surface area contributed by atoms with Crippen molar-refractivity contribution in [3.63, 3.8) is 0 Å². The van der Waals surface area contributed by atoms with Crippen LogP contribution in [0.5, 0.6) is 0 Å². The number of nitrogens with zero attached hydrogens (tertiary/aromatic N) is 4. The lowest BCUT2D eigenvalue weighted by atomic mass is 10.0. The molecule has 4 aromatic rings. The summed E-state index contributed by atoms with van der Waals surface area (Å²) < 4.78 is 4.08.